The third-order valence-corrected chi connectivity index (χ3v) is 18.5. The smallest absolute Gasteiger partial charge is 0.348 e. The maximum Gasteiger partial charge on any atom is 0.348 e. The molecular formula is C53H74O4S4. The van der Waals surface area contributed by atoms with E-state index in [-0.39, 0.29) is 11.0 Å². The van der Waals surface area contributed by atoms with E-state index in [1.165, 1.54) is 168 Å². The van der Waals surface area contributed by atoms with Gasteiger partial charge in [0.15, 0.2) is 5.76 Å². The van der Waals surface area contributed by atoms with Gasteiger partial charge in [0.1, 0.15) is 16.9 Å². The van der Waals surface area contributed by atoms with Crippen LogP contribution in [0.1, 0.15) is 211 Å². The molecule has 4 aromatic rings. The molecule has 334 valence electrons. The zero-order valence-electron chi connectivity index (χ0n) is 38.8. The van der Waals surface area contributed by atoms with Gasteiger partial charge in [0.05, 0.1) is 4.88 Å². The number of fused-ring (bicyclic) bond motifs is 2. The van der Waals surface area contributed by atoms with E-state index in [0.29, 0.717) is 17.1 Å². The molecule has 2 aliphatic heterocycles. The van der Waals surface area contributed by atoms with E-state index in [9.17, 15) is 9.59 Å². The maximum atomic E-state index is 13.3. The number of aryl methyl sites for hydroxylation is 2. The molecule has 4 aromatic heterocycles. The molecule has 6 rings (SSSR count). The van der Waals surface area contributed by atoms with Crippen molar-refractivity contribution in [2.45, 2.75) is 208 Å². The summed E-state index contributed by atoms with van der Waals surface area (Å²) in [5.41, 5.74) is 3.29. The molecule has 0 amide bonds. The van der Waals surface area contributed by atoms with Gasteiger partial charge in [-0.3, -0.25) is 0 Å². The van der Waals surface area contributed by atoms with E-state index in [1.54, 1.807) is 16.9 Å². The van der Waals surface area contributed by atoms with Crippen LogP contribution in [0.4, 0.5) is 0 Å². The number of esters is 2. The summed E-state index contributed by atoms with van der Waals surface area (Å²) < 4.78 is 14.5. The lowest BCUT2D eigenvalue weighted by Crippen LogP contribution is -2.14. The SMILES string of the molecule is CCCCCCCCCCCCc1c(-c2ccc(C3=C4C(=O)OC(C(C)(C)C)=C4C(=O)O3)s2)sc2c(CCCCCCCCCCCC)c(-c3ccc(C(C)(C)CC)s3)sc12. The quantitative estimate of drug-likeness (QED) is 0.0442. The van der Waals surface area contributed by atoms with E-state index >= 15 is 0 Å². The summed E-state index contributed by atoms with van der Waals surface area (Å²) in [5.74, 6) is -0.222. The number of carbonyl (C=O) groups excluding carboxylic acids is 2. The normalized spacial score (nSPS) is 14.6. The molecule has 61 heavy (non-hydrogen) atoms. The first-order valence-corrected chi connectivity index (χ1v) is 27.4. The molecule has 0 unspecified atom stereocenters. The zero-order valence-corrected chi connectivity index (χ0v) is 42.1. The number of thiophene rings is 4. The van der Waals surface area contributed by atoms with E-state index < -0.39 is 17.4 Å². The highest BCUT2D eigenvalue weighted by atomic mass is 32.1. The Morgan fingerprint density at radius 1 is 0.475 bits per heavy atom. The average molecular weight is 903 g/mol. The summed E-state index contributed by atoms with van der Waals surface area (Å²) >= 11 is 7.66. The first-order chi connectivity index (χ1) is 29.4. The highest BCUT2D eigenvalue weighted by molar-refractivity contribution is 7.34. The second kappa shape index (κ2) is 22.4. The van der Waals surface area contributed by atoms with Crippen LogP contribution in [0.25, 0.3) is 34.7 Å². The van der Waals surface area contributed by atoms with Gasteiger partial charge in [0, 0.05) is 39.2 Å². The van der Waals surface area contributed by atoms with Gasteiger partial charge >= 0.3 is 11.9 Å². The summed E-state index contributed by atoms with van der Waals surface area (Å²) in [6.07, 6.45) is 29.9. The van der Waals surface area contributed by atoms with Crippen molar-refractivity contribution in [2.24, 2.45) is 5.41 Å². The molecule has 0 atom stereocenters. The fourth-order valence-electron chi connectivity index (χ4n) is 8.74. The molecule has 0 bridgehead atoms. The predicted molar refractivity (Wildman–Crippen MR) is 266 cm³/mol. The lowest BCUT2D eigenvalue weighted by molar-refractivity contribution is -0.134. The predicted octanol–water partition coefficient (Wildman–Crippen LogP) is 18.2. The molecule has 0 spiro atoms. The highest BCUT2D eigenvalue weighted by Crippen LogP contribution is 2.53. The van der Waals surface area contributed by atoms with Crippen LogP contribution in [-0.2, 0) is 37.3 Å². The van der Waals surface area contributed by atoms with Crippen LogP contribution < -0.4 is 0 Å². The van der Waals surface area contributed by atoms with Crippen LogP contribution in [0, 0.1) is 5.41 Å². The van der Waals surface area contributed by atoms with Gasteiger partial charge in [-0.25, -0.2) is 9.59 Å². The van der Waals surface area contributed by atoms with Crippen LogP contribution in [0.2, 0.25) is 0 Å². The van der Waals surface area contributed by atoms with Crippen molar-refractivity contribution in [1.82, 2.24) is 0 Å². The van der Waals surface area contributed by atoms with Crippen LogP contribution >= 0.6 is 45.3 Å². The fourth-order valence-corrected chi connectivity index (χ4v) is 14.2. The Balaban J connectivity index is 1.30. The Bertz CT molecular complexity index is 2140. The summed E-state index contributed by atoms with van der Waals surface area (Å²) in [6, 6.07) is 9.02. The first kappa shape index (κ1) is 47.9. The summed E-state index contributed by atoms with van der Waals surface area (Å²) in [4.78, 5) is 34.2. The van der Waals surface area contributed by atoms with Gasteiger partial charge in [-0.05, 0) is 72.9 Å². The van der Waals surface area contributed by atoms with E-state index in [0.717, 1.165) is 24.1 Å². The molecule has 8 heteroatoms. The number of ether oxygens (including phenoxy) is 2. The van der Waals surface area contributed by atoms with E-state index in [4.69, 9.17) is 9.47 Å². The number of rotatable bonds is 27. The Kier molecular flexibility index (Phi) is 17.6. The van der Waals surface area contributed by atoms with Gasteiger partial charge in [-0.1, -0.05) is 171 Å². The van der Waals surface area contributed by atoms with Crippen molar-refractivity contribution in [3.63, 3.8) is 0 Å². The Morgan fingerprint density at radius 2 is 0.902 bits per heavy atom. The third kappa shape index (κ3) is 11.8. The lowest BCUT2D eigenvalue weighted by atomic mass is 9.89. The number of hydrogen-bond acceptors (Lipinski definition) is 8. The van der Waals surface area contributed by atoms with Crippen molar-refractivity contribution < 1.29 is 19.1 Å². The molecule has 0 aliphatic carbocycles. The van der Waals surface area contributed by atoms with E-state index in [2.05, 4.69) is 52.8 Å². The zero-order chi connectivity index (χ0) is 43.6. The number of hydrogen-bond donors (Lipinski definition) is 0. The molecule has 4 nitrogen and oxygen atoms in total. The molecular weight excluding hydrogens is 829 g/mol. The number of unbranched alkanes of at least 4 members (excludes halogenated alkanes) is 18. The topological polar surface area (TPSA) is 52.6 Å². The van der Waals surface area contributed by atoms with E-state index in [1.807, 2.05) is 60.8 Å². The minimum absolute atomic E-state index is 0.170. The van der Waals surface area contributed by atoms with Crippen molar-refractivity contribution in [3.8, 4) is 19.5 Å². The number of cyclic esters (lactones) is 2. The molecule has 0 N–H and O–H groups in total. The molecule has 0 aromatic carbocycles. The maximum absolute atomic E-state index is 13.3. The van der Waals surface area contributed by atoms with Crippen molar-refractivity contribution in [1.29, 1.82) is 0 Å². The van der Waals surface area contributed by atoms with Crippen LogP contribution in [0.3, 0.4) is 0 Å². The second-order valence-corrected chi connectivity index (χ2v) is 23.6. The number of allylic oxidation sites excluding steroid dienone is 1. The summed E-state index contributed by atoms with van der Waals surface area (Å²) in [7, 11) is 0. The monoisotopic (exact) mass is 902 g/mol. The minimum atomic E-state index is -0.491. The molecule has 0 saturated heterocycles. The molecule has 0 saturated carbocycles. The number of carbonyl (C=O) groups is 2. The second-order valence-electron chi connectivity index (χ2n) is 19.3. The molecule has 0 radical (unpaired) electrons. The Hall–Kier alpha value is -2.52. The average Bonchev–Trinajstić information content (AvgIpc) is 4.09. The lowest BCUT2D eigenvalue weighted by Gasteiger charge is -2.20. The van der Waals surface area contributed by atoms with Gasteiger partial charge in [-0.15, -0.1) is 45.3 Å². The van der Waals surface area contributed by atoms with Crippen molar-refractivity contribution in [2.75, 3.05) is 0 Å². The standard InChI is InChI=1S/C53H74O4S4/c1-9-12-14-16-18-20-22-24-26-28-30-36-45(39-33-32-38(58-39)44-42-43(51(55)56-44)49(52(4,5)6)57-50(42)54)60-48-37(31-29-27-25-23-21-19-17-15-13-10-2)46(61-47(36)48)40-34-35-41(59-40)53(7,8)11-3/h32-35H,9-31H2,1-8H3. The van der Waals surface area contributed by atoms with Crippen molar-refractivity contribution in [3.05, 3.63) is 62.1 Å². The van der Waals surface area contributed by atoms with Crippen molar-refractivity contribution >= 4 is 72.4 Å². The molecule has 0 fully saturated rings. The van der Waals surface area contributed by atoms with Gasteiger partial charge in [-0.2, -0.15) is 0 Å². The van der Waals surface area contributed by atoms with Gasteiger partial charge in [0.2, 0.25) is 0 Å². The highest BCUT2D eigenvalue weighted by Gasteiger charge is 2.48. The first-order valence-electron chi connectivity index (χ1n) is 24.1. The summed E-state index contributed by atoms with van der Waals surface area (Å²) in [5, 5.41) is 0. The van der Waals surface area contributed by atoms with Crippen LogP contribution in [-0.4, -0.2) is 11.9 Å². The fraction of sp³-hybridized carbons (Fsp3) is 0.623. The molecule has 6 heterocycles. The van der Waals surface area contributed by atoms with Gasteiger partial charge < -0.3 is 9.47 Å². The van der Waals surface area contributed by atoms with Gasteiger partial charge in [0.25, 0.3) is 0 Å². The van der Waals surface area contributed by atoms with Crippen LogP contribution in [0.15, 0.2) is 41.2 Å². The minimum Gasteiger partial charge on any atom is -0.426 e. The van der Waals surface area contributed by atoms with Crippen LogP contribution in [0.5, 0.6) is 0 Å². The Morgan fingerprint density at radius 3 is 1.38 bits per heavy atom. The third-order valence-electron chi connectivity index (χ3n) is 12.9. The molecule has 2 aliphatic rings. The largest absolute Gasteiger partial charge is 0.426 e. The Labute approximate surface area is 384 Å². The summed E-state index contributed by atoms with van der Waals surface area (Å²) in [6.45, 7) is 17.5.